The molecular weight excluding hydrogens is 170 g/mol. The number of rotatable bonds is 1. The Bertz CT molecular complexity index is 227. The van der Waals surface area contributed by atoms with E-state index in [0.717, 1.165) is 0 Å². The molecule has 1 amide bonds. The van der Waals surface area contributed by atoms with Crippen molar-refractivity contribution in [2.75, 3.05) is 6.54 Å². The van der Waals surface area contributed by atoms with E-state index in [-0.39, 0.29) is 17.9 Å². The Morgan fingerprint density at radius 2 is 2.08 bits per heavy atom. The lowest BCUT2D eigenvalue weighted by Gasteiger charge is -2.35. The van der Waals surface area contributed by atoms with Crippen LogP contribution in [0, 0.1) is 5.92 Å². The molecule has 74 valence electrons. The van der Waals surface area contributed by atoms with Crippen molar-refractivity contribution in [3.05, 3.63) is 0 Å². The minimum absolute atomic E-state index is 0.0383. The van der Waals surface area contributed by atoms with Gasteiger partial charge in [0.25, 0.3) is 0 Å². The zero-order valence-corrected chi connectivity index (χ0v) is 7.99. The lowest BCUT2D eigenvalue weighted by atomic mass is 9.92. The summed E-state index contributed by atoms with van der Waals surface area (Å²) in [7, 11) is 0. The predicted octanol–water partition coefficient (Wildman–Crippen LogP) is 0.718. The Hall–Kier alpha value is -1.06. The van der Waals surface area contributed by atoms with Gasteiger partial charge in [-0.3, -0.25) is 9.59 Å². The smallest absolute Gasteiger partial charge is 0.306 e. The molecule has 2 atom stereocenters. The Morgan fingerprint density at radius 1 is 1.46 bits per heavy atom. The molecular formula is C9H15NO3. The molecule has 1 N–H and O–H groups in total. The molecule has 0 unspecified atom stereocenters. The summed E-state index contributed by atoms with van der Waals surface area (Å²) in [5.74, 6) is -0.975. The van der Waals surface area contributed by atoms with E-state index < -0.39 is 5.97 Å². The maximum atomic E-state index is 11.1. The number of carboxylic acids is 1. The number of carbonyl (C=O) groups is 2. The molecule has 0 aromatic rings. The molecule has 0 aromatic heterocycles. The van der Waals surface area contributed by atoms with E-state index in [0.29, 0.717) is 19.4 Å². The van der Waals surface area contributed by atoms with Crippen molar-refractivity contribution in [1.29, 1.82) is 0 Å². The van der Waals surface area contributed by atoms with Crippen molar-refractivity contribution in [3.8, 4) is 0 Å². The fraction of sp³-hybridized carbons (Fsp3) is 0.778. The second-order valence-corrected chi connectivity index (χ2v) is 3.62. The third-order valence-electron chi connectivity index (χ3n) is 2.63. The lowest BCUT2D eigenvalue weighted by molar-refractivity contribution is -0.146. The van der Waals surface area contributed by atoms with Gasteiger partial charge in [0.15, 0.2) is 0 Å². The van der Waals surface area contributed by atoms with E-state index in [1.165, 1.54) is 6.92 Å². The van der Waals surface area contributed by atoms with Crippen LogP contribution in [0.15, 0.2) is 0 Å². The van der Waals surface area contributed by atoms with Gasteiger partial charge in [0.05, 0.1) is 5.92 Å². The number of amides is 1. The molecule has 4 nitrogen and oxygen atoms in total. The van der Waals surface area contributed by atoms with Crippen LogP contribution in [-0.4, -0.2) is 34.5 Å². The van der Waals surface area contributed by atoms with Crippen molar-refractivity contribution in [3.63, 3.8) is 0 Å². The van der Waals surface area contributed by atoms with Gasteiger partial charge >= 0.3 is 5.97 Å². The molecule has 0 saturated carbocycles. The first-order chi connectivity index (χ1) is 6.02. The summed E-state index contributed by atoms with van der Waals surface area (Å²) in [4.78, 5) is 23.5. The van der Waals surface area contributed by atoms with Gasteiger partial charge in [-0.2, -0.15) is 0 Å². The minimum atomic E-state index is -0.741. The first kappa shape index (κ1) is 10.0. The van der Waals surface area contributed by atoms with Crippen LogP contribution in [0.5, 0.6) is 0 Å². The highest BCUT2D eigenvalue weighted by atomic mass is 16.4. The SMILES string of the molecule is CC(=O)N1CC[C@@H](C(=O)O)C[C@H]1C. The van der Waals surface area contributed by atoms with Crippen LogP contribution in [0.3, 0.4) is 0 Å². The molecule has 0 aliphatic carbocycles. The topological polar surface area (TPSA) is 57.6 Å². The highest BCUT2D eigenvalue weighted by Crippen LogP contribution is 2.22. The number of carbonyl (C=O) groups excluding carboxylic acids is 1. The van der Waals surface area contributed by atoms with Crippen molar-refractivity contribution in [2.24, 2.45) is 5.92 Å². The van der Waals surface area contributed by atoms with E-state index in [4.69, 9.17) is 5.11 Å². The van der Waals surface area contributed by atoms with Gasteiger partial charge in [0.1, 0.15) is 0 Å². The third kappa shape index (κ3) is 2.20. The standard InChI is InChI=1S/C9H15NO3/c1-6-5-8(9(12)13)3-4-10(6)7(2)11/h6,8H,3-5H2,1-2H3,(H,12,13)/t6-,8-/m1/s1. The van der Waals surface area contributed by atoms with Crippen molar-refractivity contribution in [2.45, 2.75) is 32.7 Å². The van der Waals surface area contributed by atoms with Crippen molar-refractivity contribution >= 4 is 11.9 Å². The summed E-state index contributed by atoms with van der Waals surface area (Å²) >= 11 is 0. The van der Waals surface area contributed by atoms with Crippen LogP contribution in [0.4, 0.5) is 0 Å². The van der Waals surface area contributed by atoms with Gasteiger partial charge in [-0.25, -0.2) is 0 Å². The van der Waals surface area contributed by atoms with Gasteiger partial charge in [-0.05, 0) is 19.8 Å². The fourth-order valence-electron chi connectivity index (χ4n) is 1.86. The first-order valence-corrected chi connectivity index (χ1v) is 4.52. The van der Waals surface area contributed by atoms with Crippen molar-refractivity contribution in [1.82, 2.24) is 4.90 Å². The predicted molar refractivity (Wildman–Crippen MR) is 47.2 cm³/mol. The summed E-state index contributed by atoms with van der Waals surface area (Å²) in [6, 6.07) is 0.0624. The molecule has 0 aromatic carbocycles. The number of hydrogen-bond donors (Lipinski definition) is 1. The molecule has 0 radical (unpaired) electrons. The van der Waals surface area contributed by atoms with Crippen LogP contribution in [0.25, 0.3) is 0 Å². The van der Waals surface area contributed by atoms with E-state index in [9.17, 15) is 9.59 Å². The summed E-state index contributed by atoms with van der Waals surface area (Å²) in [5, 5.41) is 8.78. The van der Waals surface area contributed by atoms with E-state index >= 15 is 0 Å². The minimum Gasteiger partial charge on any atom is -0.481 e. The van der Waals surface area contributed by atoms with E-state index in [1.54, 1.807) is 4.90 Å². The van der Waals surface area contributed by atoms with Gasteiger partial charge in [-0.1, -0.05) is 0 Å². The second-order valence-electron chi connectivity index (χ2n) is 3.62. The number of nitrogens with zero attached hydrogens (tertiary/aromatic N) is 1. The Balaban J connectivity index is 2.56. The van der Waals surface area contributed by atoms with Gasteiger partial charge < -0.3 is 10.0 Å². The van der Waals surface area contributed by atoms with Crippen LogP contribution in [0.2, 0.25) is 0 Å². The number of hydrogen-bond acceptors (Lipinski definition) is 2. The molecule has 1 fully saturated rings. The molecule has 13 heavy (non-hydrogen) atoms. The first-order valence-electron chi connectivity index (χ1n) is 4.52. The van der Waals surface area contributed by atoms with Crippen LogP contribution in [0.1, 0.15) is 26.7 Å². The number of aliphatic carboxylic acids is 1. The normalized spacial score (nSPS) is 28.6. The van der Waals surface area contributed by atoms with Gasteiger partial charge in [0.2, 0.25) is 5.91 Å². The monoisotopic (exact) mass is 185 g/mol. The van der Waals surface area contributed by atoms with Gasteiger partial charge in [0, 0.05) is 19.5 Å². The second kappa shape index (κ2) is 3.77. The number of carboxylic acid groups (broad SMARTS) is 1. The number of piperidine rings is 1. The van der Waals surface area contributed by atoms with Gasteiger partial charge in [-0.15, -0.1) is 0 Å². The number of likely N-dealkylation sites (tertiary alicyclic amines) is 1. The molecule has 1 heterocycles. The third-order valence-corrected chi connectivity index (χ3v) is 2.63. The maximum Gasteiger partial charge on any atom is 0.306 e. The Labute approximate surface area is 77.5 Å². The van der Waals surface area contributed by atoms with Crippen molar-refractivity contribution < 1.29 is 14.7 Å². The molecule has 1 saturated heterocycles. The summed E-state index contributed by atoms with van der Waals surface area (Å²) in [6.07, 6.45) is 1.16. The molecule has 1 aliphatic heterocycles. The zero-order chi connectivity index (χ0) is 10.0. The van der Waals surface area contributed by atoms with Crippen LogP contribution in [-0.2, 0) is 9.59 Å². The molecule has 1 aliphatic rings. The zero-order valence-electron chi connectivity index (χ0n) is 7.99. The summed E-state index contributed by atoms with van der Waals surface area (Å²) in [5.41, 5.74) is 0. The average Bonchev–Trinajstić information content (AvgIpc) is 2.03. The molecule has 4 heteroatoms. The average molecular weight is 185 g/mol. The Kier molecular flexibility index (Phi) is 2.90. The molecule has 1 rings (SSSR count). The van der Waals surface area contributed by atoms with Crippen LogP contribution < -0.4 is 0 Å². The summed E-state index contributed by atoms with van der Waals surface area (Å²) in [6.45, 7) is 4.00. The van der Waals surface area contributed by atoms with E-state index in [2.05, 4.69) is 0 Å². The fourth-order valence-corrected chi connectivity index (χ4v) is 1.86. The maximum absolute atomic E-state index is 11.1. The highest BCUT2D eigenvalue weighted by molar-refractivity contribution is 5.75. The highest BCUT2D eigenvalue weighted by Gasteiger charge is 2.30. The quantitative estimate of drug-likeness (QED) is 0.654. The molecule has 0 spiro atoms. The summed E-state index contributed by atoms with van der Waals surface area (Å²) < 4.78 is 0. The largest absolute Gasteiger partial charge is 0.481 e. The van der Waals surface area contributed by atoms with Crippen LogP contribution >= 0.6 is 0 Å². The molecule has 0 bridgehead atoms. The van der Waals surface area contributed by atoms with E-state index in [1.807, 2.05) is 6.92 Å². The lowest BCUT2D eigenvalue weighted by Crippen LogP contribution is -2.45. The Morgan fingerprint density at radius 3 is 2.46 bits per heavy atom.